The molecule has 1 amide bonds. The molecular formula is C22H24NO5+. The Labute approximate surface area is 164 Å². The third kappa shape index (κ3) is 2.34. The molecule has 146 valence electrons. The van der Waals surface area contributed by atoms with Crippen LogP contribution < -0.4 is 23.8 Å². The SMILES string of the molecule is COc1cc2c(cc1OC)C1=C(c3cc(OC)c(OC)cc3C1C)[NH+](C)C2=O. The fourth-order valence-corrected chi connectivity index (χ4v) is 4.36. The first-order chi connectivity index (χ1) is 13.5. The number of ether oxygens (including phenoxy) is 4. The lowest BCUT2D eigenvalue weighted by atomic mass is 9.87. The fraction of sp³-hybridized carbons (Fsp3) is 0.318. The zero-order valence-corrected chi connectivity index (χ0v) is 16.9. The molecule has 6 heteroatoms. The number of amides is 1. The molecule has 0 bridgehead atoms. The Morgan fingerprint density at radius 3 is 1.75 bits per heavy atom. The Balaban J connectivity index is 2.00. The molecule has 0 saturated carbocycles. The van der Waals surface area contributed by atoms with Gasteiger partial charge in [0.2, 0.25) is 0 Å². The van der Waals surface area contributed by atoms with Gasteiger partial charge in [0.1, 0.15) is 0 Å². The van der Waals surface area contributed by atoms with Crippen molar-refractivity contribution in [3.8, 4) is 23.0 Å². The van der Waals surface area contributed by atoms with Gasteiger partial charge in [0, 0.05) is 28.7 Å². The largest absolute Gasteiger partial charge is 0.493 e. The van der Waals surface area contributed by atoms with Gasteiger partial charge in [-0.3, -0.25) is 0 Å². The van der Waals surface area contributed by atoms with E-state index in [1.807, 2.05) is 25.2 Å². The second-order valence-electron chi connectivity index (χ2n) is 7.01. The van der Waals surface area contributed by atoms with Gasteiger partial charge in [-0.2, -0.15) is 0 Å². The van der Waals surface area contributed by atoms with E-state index < -0.39 is 0 Å². The van der Waals surface area contributed by atoms with E-state index in [4.69, 9.17) is 18.9 Å². The molecule has 2 aromatic rings. The average Bonchev–Trinajstić information content (AvgIpc) is 3.01. The third-order valence-corrected chi connectivity index (χ3v) is 5.77. The van der Waals surface area contributed by atoms with Crippen LogP contribution in [0.15, 0.2) is 24.3 Å². The van der Waals surface area contributed by atoms with Gasteiger partial charge in [0.15, 0.2) is 28.7 Å². The maximum absolute atomic E-state index is 13.2. The Hall–Kier alpha value is -2.99. The molecule has 6 nitrogen and oxygen atoms in total. The van der Waals surface area contributed by atoms with E-state index in [1.54, 1.807) is 34.5 Å². The van der Waals surface area contributed by atoms with Crippen molar-refractivity contribution in [2.45, 2.75) is 12.8 Å². The van der Waals surface area contributed by atoms with Crippen molar-refractivity contribution in [2.24, 2.45) is 0 Å². The summed E-state index contributed by atoms with van der Waals surface area (Å²) in [7, 11) is 8.31. The molecule has 0 aromatic heterocycles. The maximum atomic E-state index is 13.2. The molecule has 2 unspecified atom stereocenters. The lowest BCUT2D eigenvalue weighted by Gasteiger charge is -2.24. The number of hydrogen-bond donors (Lipinski definition) is 1. The van der Waals surface area contributed by atoms with Crippen LogP contribution >= 0.6 is 0 Å². The van der Waals surface area contributed by atoms with E-state index in [-0.39, 0.29) is 11.8 Å². The van der Waals surface area contributed by atoms with Gasteiger partial charge in [-0.05, 0) is 23.8 Å². The number of nitrogens with one attached hydrogen (secondary N) is 1. The highest BCUT2D eigenvalue weighted by Gasteiger charge is 2.44. The predicted molar refractivity (Wildman–Crippen MR) is 106 cm³/mol. The van der Waals surface area contributed by atoms with Crippen molar-refractivity contribution in [3.05, 3.63) is 46.5 Å². The summed E-state index contributed by atoms with van der Waals surface area (Å²) in [6, 6.07) is 7.66. The molecule has 28 heavy (non-hydrogen) atoms. The predicted octanol–water partition coefficient (Wildman–Crippen LogP) is 2.37. The summed E-state index contributed by atoms with van der Waals surface area (Å²) in [5, 5.41) is 0. The monoisotopic (exact) mass is 382 g/mol. The first-order valence-electron chi connectivity index (χ1n) is 9.12. The molecule has 1 aliphatic carbocycles. The van der Waals surface area contributed by atoms with Crippen molar-refractivity contribution >= 4 is 17.2 Å². The molecule has 4 rings (SSSR count). The van der Waals surface area contributed by atoms with E-state index in [0.717, 1.165) is 32.9 Å². The van der Waals surface area contributed by atoms with Crippen LogP contribution in [0.4, 0.5) is 0 Å². The third-order valence-electron chi connectivity index (χ3n) is 5.77. The van der Waals surface area contributed by atoms with Gasteiger partial charge < -0.3 is 18.9 Å². The van der Waals surface area contributed by atoms with Gasteiger partial charge in [-0.15, -0.1) is 0 Å². The number of benzene rings is 2. The van der Waals surface area contributed by atoms with Crippen LogP contribution in [0.3, 0.4) is 0 Å². The van der Waals surface area contributed by atoms with E-state index in [0.29, 0.717) is 28.6 Å². The Morgan fingerprint density at radius 1 is 0.750 bits per heavy atom. The van der Waals surface area contributed by atoms with Gasteiger partial charge >= 0.3 is 5.91 Å². The number of hydrogen-bond acceptors (Lipinski definition) is 5. The molecule has 0 spiro atoms. The Bertz CT molecular complexity index is 1020. The number of rotatable bonds is 4. The zero-order chi connectivity index (χ0) is 20.2. The van der Waals surface area contributed by atoms with Crippen LogP contribution in [0.25, 0.3) is 11.3 Å². The van der Waals surface area contributed by atoms with Crippen LogP contribution in [0.1, 0.15) is 39.9 Å². The normalized spacial score (nSPS) is 19.7. The van der Waals surface area contributed by atoms with Crippen LogP contribution in [-0.2, 0) is 0 Å². The van der Waals surface area contributed by atoms with Crippen LogP contribution in [0.2, 0.25) is 0 Å². The van der Waals surface area contributed by atoms with Crippen LogP contribution in [0, 0.1) is 0 Å². The summed E-state index contributed by atoms with van der Waals surface area (Å²) in [6.07, 6.45) is 0. The van der Waals surface area contributed by atoms with Gasteiger partial charge in [-0.25, -0.2) is 9.69 Å². The molecule has 2 aromatic carbocycles. The highest BCUT2D eigenvalue weighted by atomic mass is 16.5. The van der Waals surface area contributed by atoms with Crippen molar-refractivity contribution in [2.75, 3.05) is 35.5 Å². The summed E-state index contributed by atoms with van der Waals surface area (Å²) in [5.74, 6) is 2.61. The first-order valence-corrected chi connectivity index (χ1v) is 9.12. The quantitative estimate of drug-likeness (QED) is 0.880. The number of carbonyl (C=O) groups excluding carboxylic acids is 1. The summed E-state index contributed by atoms with van der Waals surface area (Å²) in [4.78, 5) is 13.9. The fourth-order valence-electron chi connectivity index (χ4n) is 4.36. The van der Waals surface area contributed by atoms with Crippen LogP contribution in [-0.4, -0.2) is 41.4 Å². The summed E-state index contributed by atoms with van der Waals surface area (Å²) in [6.45, 7) is 2.15. The standard InChI is InChI=1S/C22H23NO5/c1-11-12-7-16(25-3)18(27-5)9-14(12)21-20(11)13-8-17(26-4)19(28-6)10-15(13)22(24)23(21)2/h7-11H,1-6H3/p+1. The van der Waals surface area contributed by atoms with Crippen LogP contribution in [0.5, 0.6) is 23.0 Å². The highest BCUT2D eigenvalue weighted by Crippen LogP contribution is 2.51. The summed E-state index contributed by atoms with van der Waals surface area (Å²) < 4.78 is 21.9. The number of carbonyl (C=O) groups is 1. The summed E-state index contributed by atoms with van der Waals surface area (Å²) >= 11 is 0. The molecule has 1 heterocycles. The highest BCUT2D eigenvalue weighted by molar-refractivity contribution is 6.09. The first kappa shape index (κ1) is 18.4. The maximum Gasteiger partial charge on any atom is 0.349 e. The van der Waals surface area contributed by atoms with Gasteiger partial charge in [0.05, 0.1) is 41.1 Å². The molecule has 1 N–H and O–H groups in total. The molecule has 0 radical (unpaired) electrons. The zero-order valence-electron chi connectivity index (χ0n) is 16.9. The second kappa shape index (κ2) is 6.56. The van der Waals surface area contributed by atoms with Crippen molar-refractivity contribution in [1.29, 1.82) is 0 Å². The minimum Gasteiger partial charge on any atom is -0.493 e. The number of fused-ring (bicyclic) bond motifs is 4. The van der Waals surface area contributed by atoms with E-state index >= 15 is 0 Å². The summed E-state index contributed by atoms with van der Waals surface area (Å²) in [5.41, 5.74) is 5.78. The molecule has 2 aliphatic rings. The van der Waals surface area contributed by atoms with Crippen molar-refractivity contribution in [3.63, 3.8) is 0 Å². The molecule has 0 fully saturated rings. The minimum atomic E-state index is 0.00420. The van der Waals surface area contributed by atoms with Gasteiger partial charge in [0.25, 0.3) is 0 Å². The minimum absolute atomic E-state index is 0.00420. The van der Waals surface area contributed by atoms with Crippen molar-refractivity contribution < 1.29 is 28.6 Å². The Morgan fingerprint density at radius 2 is 1.21 bits per heavy atom. The number of quaternary nitrogens is 1. The Kier molecular flexibility index (Phi) is 4.31. The van der Waals surface area contributed by atoms with E-state index in [2.05, 4.69) is 6.92 Å². The molecule has 0 saturated heterocycles. The number of allylic oxidation sites excluding steroid dienone is 1. The average molecular weight is 382 g/mol. The van der Waals surface area contributed by atoms with Gasteiger partial charge in [-0.1, -0.05) is 6.92 Å². The van der Waals surface area contributed by atoms with Crippen molar-refractivity contribution in [1.82, 2.24) is 0 Å². The lowest BCUT2D eigenvalue weighted by molar-refractivity contribution is -0.708. The lowest BCUT2D eigenvalue weighted by Crippen LogP contribution is -3.09. The topological polar surface area (TPSA) is 58.4 Å². The second-order valence-corrected chi connectivity index (χ2v) is 7.01. The smallest absolute Gasteiger partial charge is 0.349 e. The molecule has 2 atom stereocenters. The molecular weight excluding hydrogens is 358 g/mol. The molecule has 1 aliphatic heterocycles. The van der Waals surface area contributed by atoms with E-state index in [1.165, 1.54) is 0 Å². The number of methoxy groups -OCH3 is 4. The van der Waals surface area contributed by atoms with E-state index in [9.17, 15) is 4.79 Å².